The molecule has 2 saturated carbocycles. The summed E-state index contributed by atoms with van der Waals surface area (Å²) in [7, 11) is 0. The highest BCUT2D eigenvalue weighted by molar-refractivity contribution is 6.06. The van der Waals surface area contributed by atoms with Crippen molar-refractivity contribution >= 4 is 17.2 Å². The van der Waals surface area contributed by atoms with E-state index < -0.39 is 0 Å². The molecule has 0 unspecified atom stereocenters. The van der Waals surface area contributed by atoms with Gasteiger partial charge in [-0.25, -0.2) is 4.98 Å². The summed E-state index contributed by atoms with van der Waals surface area (Å²) in [6.45, 7) is 6.87. The van der Waals surface area contributed by atoms with Crippen molar-refractivity contribution < 1.29 is 14.3 Å². The number of ether oxygens (including phenoxy) is 2. The number of amides is 1. The summed E-state index contributed by atoms with van der Waals surface area (Å²) in [5, 5.41) is 2.83. The van der Waals surface area contributed by atoms with Crippen LogP contribution in [-0.2, 0) is 10.2 Å². The highest BCUT2D eigenvalue weighted by Crippen LogP contribution is 2.53. The number of anilines is 1. The van der Waals surface area contributed by atoms with Gasteiger partial charge in [0, 0.05) is 36.1 Å². The number of carbonyl (C=O) groups is 1. The molecule has 0 spiro atoms. The molecule has 8 nitrogen and oxygen atoms in total. The lowest BCUT2D eigenvalue weighted by atomic mass is 9.84. The molecule has 3 fully saturated rings. The molecule has 3 aliphatic rings. The van der Waals surface area contributed by atoms with Gasteiger partial charge in [-0.05, 0) is 64.5 Å². The fourth-order valence-electron chi connectivity index (χ4n) is 5.52. The van der Waals surface area contributed by atoms with Crippen LogP contribution < -0.4 is 15.6 Å². The molecule has 2 bridgehead atoms. The second-order valence-corrected chi connectivity index (χ2v) is 10.8. The third-order valence-corrected chi connectivity index (χ3v) is 7.95. The average molecular weight is 477 g/mol. The molecule has 1 N–H and O–H groups in total. The first-order valence-electron chi connectivity index (χ1n) is 12.7. The lowest BCUT2D eigenvalue weighted by Gasteiger charge is -2.24. The molecule has 1 aliphatic heterocycles. The molecule has 1 amide bonds. The van der Waals surface area contributed by atoms with Crippen LogP contribution in [0.15, 0.2) is 41.6 Å². The SMILES string of the molecule is CC[C@@H](C)Oc1cc2nc([C@@]34CC[C@@](C)(C3)OC4)cn2cc1C(=O)Nc1cccn(C2CC2)c1=O. The zero-order valence-corrected chi connectivity index (χ0v) is 20.5. The summed E-state index contributed by atoms with van der Waals surface area (Å²) in [5.41, 5.74) is 2.08. The van der Waals surface area contributed by atoms with E-state index in [2.05, 4.69) is 12.2 Å². The second-order valence-electron chi connectivity index (χ2n) is 10.8. The number of carbonyl (C=O) groups excluding carboxylic acids is 1. The summed E-state index contributed by atoms with van der Waals surface area (Å²) in [6.07, 6.45) is 11.3. The van der Waals surface area contributed by atoms with Crippen LogP contribution in [0, 0.1) is 0 Å². The Morgan fingerprint density at radius 2 is 2.17 bits per heavy atom. The van der Waals surface area contributed by atoms with E-state index in [0.29, 0.717) is 17.9 Å². The number of hydrogen-bond donors (Lipinski definition) is 1. The lowest BCUT2D eigenvalue weighted by Crippen LogP contribution is -2.26. The third-order valence-electron chi connectivity index (χ3n) is 7.95. The van der Waals surface area contributed by atoms with E-state index in [-0.39, 0.29) is 40.3 Å². The molecule has 0 aromatic carbocycles. The zero-order chi connectivity index (χ0) is 24.4. The average Bonchev–Trinajstić information content (AvgIpc) is 3.37. The van der Waals surface area contributed by atoms with Gasteiger partial charge >= 0.3 is 0 Å². The first-order chi connectivity index (χ1) is 16.8. The standard InChI is InChI=1S/C27H32N4O4/c1-4-17(2)35-21-12-23-29-22(27-10-9-26(3,15-27)34-16-27)14-30(23)13-19(21)24(32)28-20-6-5-11-31(25(20)33)18-7-8-18/h5-6,11-14,17-18H,4,7-10,15-16H2,1-3H3,(H,28,32)/t17-,26+,27+/m1/s1. The Morgan fingerprint density at radius 1 is 1.34 bits per heavy atom. The fraction of sp³-hybridized carbons (Fsp3) is 0.519. The zero-order valence-electron chi connectivity index (χ0n) is 20.5. The minimum Gasteiger partial charge on any atom is -0.490 e. The van der Waals surface area contributed by atoms with Crippen molar-refractivity contribution in [3.63, 3.8) is 0 Å². The first-order valence-corrected chi connectivity index (χ1v) is 12.7. The van der Waals surface area contributed by atoms with Crippen LogP contribution >= 0.6 is 0 Å². The van der Waals surface area contributed by atoms with Gasteiger partial charge in [0.25, 0.3) is 11.5 Å². The van der Waals surface area contributed by atoms with Crippen molar-refractivity contribution in [2.75, 3.05) is 11.9 Å². The van der Waals surface area contributed by atoms with Crippen molar-refractivity contribution in [2.24, 2.45) is 0 Å². The van der Waals surface area contributed by atoms with Gasteiger partial charge in [0.2, 0.25) is 0 Å². The van der Waals surface area contributed by atoms with Crippen molar-refractivity contribution in [1.82, 2.24) is 14.0 Å². The number of pyridine rings is 2. The number of aromatic nitrogens is 3. The van der Waals surface area contributed by atoms with Gasteiger partial charge in [-0.2, -0.15) is 0 Å². The number of hydrogen-bond acceptors (Lipinski definition) is 5. The fourth-order valence-corrected chi connectivity index (χ4v) is 5.52. The Morgan fingerprint density at radius 3 is 2.83 bits per heavy atom. The molecule has 3 aromatic heterocycles. The van der Waals surface area contributed by atoms with Gasteiger partial charge in [-0.15, -0.1) is 0 Å². The third kappa shape index (κ3) is 3.84. The maximum absolute atomic E-state index is 13.4. The molecule has 4 heterocycles. The largest absolute Gasteiger partial charge is 0.490 e. The van der Waals surface area contributed by atoms with E-state index >= 15 is 0 Å². The number of fused-ring (bicyclic) bond motifs is 3. The number of imidazole rings is 1. The Balaban J connectivity index is 1.37. The molecule has 184 valence electrons. The van der Waals surface area contributed by atoms with Gasteiger partial charge < -0.3 is 23.8 Å². The Kier molecular flexibility index (Phi) is 5.07. The van der Waals surface area contributed by atoms with Gasteiger partial charge in [0.1, 0.15) is 17.1 Å². The van der Waals surface area contributed by atoms with E-state index in [1.54, 1.807) is 29.1 Å². The molecule has 6 rings (SSSR count). The maximum atomic E-state index is 13.4. The van der Waals surface area contributed by atoms with E-state index in [4.69, 9.17) is 14.5 Å². The van der Waals surface area contributed by atoms with Crippen LogP contribution in [0.5, 0.6) is 5.75 Å². The number of nitrogens with zero attached hydrogens (tertiary/aromatic N) is 3. The monoisotopic (exact) mass is 476 g/mol. The summed E-state index contributed by atoms with van der Waals surface area (Å²) in [5.74, 6) is 0.0956. The van der Waals surface area contributed by atoms with E-state index in [1.165, 1.54) is 0 Å². The minimum atomic E-state index is -0.373. The second kappa shape index (κ2) is 7.95. The van der Waals surface area contributed by atoms with Gasteiger partial charge in [0.05, 0.1) is 29.6 Å². The lowest BCUT2D eigenvalue weighted by molar-refractivity contribution is -0.00627. The topological polar surface area (TPSA) is 86.9 Å². The Bertz CT molecular complexity index is 1360. The van der Waals surface area contributed by atoms with Crippen LogP contribution in [0.4, 0.5) is 5.69 Å². The van der Waals surface area contributed by atoms with Crippen LogP contribution in [-0.4, -0.2) is 38.2 Å². The normalized spacial score (nSPS) is 26.3. The van der Waals surface area contributed by atoms with Crippen molar-refractivity contribution in [2.45, 2.75) is 82.5 Å². The molecule has 3 atom stereocenters. The van der Waals surface area contributed by atoms with Crippen LogP contribution in [0.2, 0.25) is 0 Å². The summed E-state index contributed by atoms with van der Waals surface area (Å²) in [4.78, 5) is 31.3. The molecule has 2 aliphatic carbocycles. The van der Waals surface area contributed by atoms with Gasteiger partial charge in [-0.1, -0.05) is 6.92 Å². The van der Waals surface area contributed by atoms with Crippen LogP contribution in [0.25, 0.3) is 5.65 Å². The molecule has 3 aromatic rings. The molecular formula is C27H32N4O4. The van der Waals surface area contributed by atoms with Gasteiger partial charge in [0.15, 0.2) is 0 Å². The number of rotatable bonds is 7. The summed E-state index contributed by atoms with van der Waals surface area (Å²) >= 11 is 0. The minimum absolute atomic E-state index is 0.0608. The first kappa shape index (κ1) is 22.3. The molecule has 35 heavy (non-hydrogen) atoms. The maximum Gasteiger partial charge on any atom is 0.274 e. The smallest absolute Gasteiger partial charge is 0.274 e. The van der Waals surface area contributed by atoms with Crippen molar-refractivity contribution in [3.05, 3.63) is 58.4 Å². The van der Waals surface area contributed by atoms with E-state index in [0.717, 1.165) is 49.9 Å². The van der Waals surface area contributed by atoms with Crippen LogP contribution in [0.3, 0.4) is 0 Å². The Hall–Kier alpha value is -3.13. The number of nitrogens with one attached hydrogen (secondary N) is 1. The Labute approximate surface area is 204 Å². The molecule has 0 radical (unpaired) electrons. The summed E-state index contributed by atoms with van der Waals surface area (Å²) < 4.78 is 15.8. The predicted octanol–water partition coefficient (Wildman–Crippen LogP) is 4.47. The molecule has 8 heteroatoms. The van der Waals surface area contributed by atoms with E-state index in [1.807, 2.05) is 30.5 Å². The van der Waals surface area contributed by atoms with Gasteiger partial charge in [-0.3, -0.25) is 9.59 Å². The van der Waals surface area contributed by atoms with Crippen molar-refractivity contribution in [1.29, 1.82) is 0 Å². The van der Waals surface area contributed by atoms with Crippen molar-refractivity contribution in [3.8, 4) is 5.75 Å². The molecule has 1 saturated heterocycles. The quantitative estimate of drug-likeness (QED) is 0.544. The highest BCUT2D eigenvalue weighted by Gasteiger charge is 2.55. The highest BCUT2D eigenvalue weighted by atomic mass is 16.5. The van der Waals surface area contributed by atoms with Crippen LogP contribution in [0.1, 0.15) is 81.4 Å². The molecular weight excluding hydrogens is 444 g/mol. The van der Waals surface area contributed by atoms with E-state index in [9.17, 15) is 9.59 Å². The predicted molar refractivity (Wildman–Crippen MR) is 132 cm³/mol. The summed E-state index contributed by atoms with van der Waals surface area (Å²) in [6, 6.07) is 5.52.